The van der Waals surface area contributed by atoms with Gasteiger partial charge in [-0.25, -0.2) is 0 Å². The van der Waals surface area contributed by atoms with E-state index in [1.54, 1.807) is 6.07 Å². The minimum Gasteiger partial charge on any atom is -0.298 e. The van der Waals surface area contributed by atoms with Crippen molar-refractivity contribution in [1.29, 1.82) is 0 Å². The van der Waals surface area contributed by atoms with Crippen LogP contribution in [0.5, 0.6) is 0 Å². The Bertz CT molecular complexity index is 407. The van der Waals surface area contributed by atoms with Crippen LogP contribution in [0, 0.1) is 0 Å². The number of benzene rings is 1. The van der Waals surface area contributed by atoms with Gasteiger partial charge in [-0.2, -0.15) is 0 Å². The summed E-state index contributed by atoms with van der Waals surface area (Å²) in [5, 5.41) is 1.10. The van der Waals surface area contributed by atoms with Gasteiger partial charge in [0, 0.05) is 10.6 Å². The summed E-state index contributed by atoms with van der Waals surface area (Å²) < 4.78 is 0. The first-order valence-corrected chi connectivity index (χ1v) is 6.92. The van der Waals surface area contributed by atoms with E-state index in [9.17, 15) is 4.79 Å². The lowest BCUT2D eigenvalue weighted by Crippen LogP contribution is -2.02. The molecule has 0 aromatic heterocycles. The zero-order valence-corrected chi connectivity index (χ0v) is 11.2. The predicted octanol–water partition coefficient (Wildman–Crippen LogP) is 5.24. The van der Waals surface area contributed by atoms with Crippen molar-refractivity contribution in [2.24, 2.45) is 0 Å². The molecule has 1 saturated carbocycles. The number of halogens is 2. The molecule has 0 N–H and O–H groups in total. The van der Waals surface area contributed by atoms with Crippen molar-refractivity contribution in [3.8, 4) is 0 Å². The molecular weight excluding hydrogens is 255 g/mol. The zero-order valence-electron chi connectivity index (χ0n) is 9.72. The summed E-state index contributed by atoms with van der Waals surface area (Å²) in [7, 11) is 0. The van der Waals surface area contributed by atoms with Crippen molar-refractivity contribution in [2.45, 2.75) is 44.4 Å². The molecule has 1 aliphatic carbocycles. The molecule has 3 heteroatoms. The maximum Gasteiger partial charge on any atom is 0.151 e. The van der Waals surface area contributed by atoms with Crippen LogP contribution in [0.15, 0.2) is 12.1 Å². The van der Waals surface area contributed by atoms with E-state index in [1.807, 2.05) is 6.07 Å². The second kappa shape index (κ2) is 5.88. The molecule has 0 heterocycles. The summed E-state index contributed by atoms with van der Waals surface area (Å²) in [5.74, 6) is 0.439. The van der Waals surface area contributed by atoms with Gasteiger partial charge in [0.1, 0.15) is 0 Å². The molecule has 0 radical (unpaired) electrons. The van der Waals surface area contributed by atoms with E-state index in [4.69, 9.17) is 23.2 Å². The van der Waals surface area contributed by atoms with Crippen molar-refractivity contribution < 1.29 is 4.79 Å². The van der Waals surface area contributed by atoms with Crippen LogP contribution in [0.3, 0.4) is 0 Å². The standard InChI is InChI=1S/C14H16Cl2O/c15-11-7-12(13(9-17)14(16)8-11)10-5-3-1-2-4-6-10/h7-10H,1-6H2. The van der Waals surface area contributed by atoms with E-state index >= 15 is 0 Å². The average molecular weight is 271 g/mol. The Labute approximate surface area is 112 Å². The molecule has 1 nitrogen and oxygen atoms in total. The van der Waals surface area contributed by atoms with E-state index in [0.717, 1.165) is 24.7 Å². The van der Waals surface area contributed by atoms with Crippen LogP contribution in [-0.4, -0.2) is 6.29 Å². The summed E-state index contributed by atoms with van der Waals surface area (Å²) in [6.07, 6.45) is 8.18. The maximum atomic E-state index is 11.2. The lowest BCUT2D eigenvalue weighted by molar-refractivity contribution is 0.112. The van der Waals surface area contributed by atoms with Crippen molar-refractivity contribution in [3.05, 3.63) is 33.3 Å². The van der Waals surface area contributed by atoms with Crippen molar-refractivity contribution >= 4 is 29.5 Å². The monoisotopic (exact) mass is 270 g/mol. The molecule has 17 heavy (non-hydrogen) atoms. The Hall–Kier alpha value is -0.530. The van der Waals surface area contributed by atoms with E-state index < -0.39 is 0 Å². The second-order valence-corrected chi connectivity index (χ2v) is 5.54. The molecule has 0 aliphatic heterocycles. The Morgan fingerprint density at radius 1 is 1.06 bits per heavy atom. The number of aldehydes is 1. The fourth-order valence-electron chi connectivity index (χ4n) is 2.66. The van der Waals surface area contributed by atoms with E-state index in [-0.39, 0.29) is 0 Å². The van der Waals surface area contributed by atoms with Gasteiger partial charge in [0.05, 0.1) is 5.02 Å². The number of rotatable bonds is 2. The molecule has 0 unspecified atom stereocenters. The fraction of sp³-hybridized carbons (Fsp3) is 0.500. The summed E-state index contributed by atoms with van der Waals surface area (Å²) in [6, 6.07) is 3.56. The van der Waals surface area contributed by atoms with Gasteiger partial charge >= 0.3 is 0 Å². The Kier molecular flexibility index (Phi) is 4.47. The van der Waals surface area contributed by atoms with Gasteiger partial charge in [-0.1, -0.05) is 48.9 Å². The lowest BCUT2D eigenvalue weighted by Gasteiger charge is -2.17. The fourth-order valence-corrected chi connectivity index (χ4v) is 3.21. The van der Waals surface area contributed by atoms with Crippen LogP contribution >= 0.6 is 23.2 Å². The average Bonchev–Trinajstić information content (AvgIpc) is 2.56. The molecule has 1 aromatic carbocycles. The highest BCUT2D eigenvalue weighted by molar-refractivity contribution is 6.36. The Balaban J connectivity index is 2.38. The van der Waals surface area contributed by atoms with Crippen LogP contribution in [0.4, 0.5) is 0 Å². The predicted molar refractivity (Wildman–Crippen MR) is 72.3 cm³/mol. The van der Waals surface area contributed by atoms with Crippen molar-refractivity contribution in [2.75, 3.05) is 0 Å². The van der Waals surface area contributed by atoms with Gasteiger partial charge in [-0.3, -0.25) is 4.79 Å². The molecule has 92 valence electrons. The minimum absolute atomic E-state index is 0.439. The van der Waals surface area contributed by atoms with Crippen molar-refractivity contribution in [1.82, 2.24) is 0 Å². The Morgan fingerprint density at radius 2 is 1.71 bits per heavy atom. The molecule has 0 amide bonds. The number of carbonyl (C=O) groups is 1. The SMILES string of the molecule is O=Cc1c(Cl)cc(Cl)cc1C1CCCCCC1. The molecule has 0 atom stereocenters. The summed E-state index contributed by atoms with van der Waals surface area (Å²) in [4.78, 5) is 11.2. The van der Waals surface area contributed by atoms with Gasteiger partial charge < -0.3 is 0 Å². The highest BCUT2D eigenvalue weighted by Gasteiger charge is 2.19. The molecule has 0 saturated heterocycles. The molecule has 2 rings (SSSR count). The van der Waals surface area contributed by atoms with E-state index in [1.165, 1.54) is 25.7 Å². The van der Waals surface area contributed by atoms with Gasteiger partial charge in [0.2, 0.25) is 0 Å². The summed E-state index contributed by atoms with van der Waals surface area (Å²) >= 11 is 12.1. The first-order valence-electron chi connectivity index (χ1n) is 6.16. The zero-order chi connectivity index (χ0) is 12.3. The number of hydrogen-bond donors (Lipinski definition) is 0. The lowest BCUT2D eigenvalue weighted by atomic mass is 9.88. The van der Waals surface area contributed by atoms with Crippen LogP contribution in [-0.2, 0) is 0 Å². The largest absolute Gasteiger partial charge is 0.298 e. The molecule has 1 fully saturated rings. The van der Waals surface area contributed by atoms with Crippen LogP contribution in [0.2, 0.25) is 10.0 Å². The van der Waals surface area contributed by atoms with E-state index in [0.29, 0.717) is 21.5 Å². The highest BCUT2D eigenvalue weighted by atomic mass is 35.5. The van der Waals surface area contributed by atoms with Crippen LogP contribution in [0.1, 0.15) is 60.4 Å². The van der Waals surface area contributed by atoms with Gasteiger partial charge in [0.25, 0.3) is 0 Å². The number of carbonyl (C=O) groups excluding carboxylic acids is 1. The highest BCUT2D eigenvalue weighted by Crippen LogP contribution is 2.36. The minimum atomic E-state index is 0.439. The molecule has 0 spiro atoms. The number of hydrogen-bond acceptors (Lipinski definition) is 1. The maximum absolute atomic E-state index is 11.2. The van der Waals surface area contributed by atoms with Gasteiger partial charge in [-0.15, -0.1) is 0 Å². The van der Waals surface area contributed by atoms with Crippen molar-refractivity contribution in [3.63, 3.8) is 0 Å². The third-order valence-corrected chi connectivity index (χ3v) is 4.07. The first kappa shape index (κ1) is 12.9. The molecule has 1 aromatic rings. The van der Waals surface area contributed by atoms with Crippen LogP contribution in [0.25, 0.3) is 0 Å². The van der Waals surface area contributed by atoms with Crippen LogP contribution < -0.4 is 0 Å². The second-order valence-electron chi connectivity index (χ2n) is 4.70. The smallest absolute Gasteiger partial charge is 0.151 e. The quantitative estimate of drug-likeness (QED) is 0.530. The van der Waals surface area contributed by atoms with Gasteiger partial charge in [0.15, 0.2) is 6.29 Å². The Morgan fingerprint density at radius 3 is 2.29 bits per heavy atom. The molecule has 1 aliphatic rings. The summed E-state index contributed by atoms with van der Waals surface area (Å²) in [5.41, 5.74) is 1.67. The summed E-state index contributed by atoms with van der Waals surface area (Å²) in [6.45, 7) is 0. The third kappa shape index (κ3) is 3.02. The third-order valence-electron chi connectivity index (χ3n) is 3.54. The van der Waals surface area contributed by atoms with Gasteiger partial charge in [-0.05, 0) is 36.5 Å². The molecule has 0 bridgehead atoms. The first-order chi connectivity index (χ1) is 8.22. The normalized spacial score (nSPS) is 17.8. The molecular formula is C14H16Cl2O. The van der Waals surface area contributed by atoms with E-state index in [2.05, 4.69) is 0 Å². The topological polar surface area (TPSA) is 17.1 Å².